The minimum absolute atomic E-state index is 1.13. The highest BCUT2D eigenvalue weighted by atomic mass is 13.8. The van der Waals surface area contributed by atoms with Crippen molar-refractivity contribution >= 4 is 7.85 Å². The quantitative estimate of drug-likeness (QED) is 0.396. The minimum Gasteiger partial charge on any atom is -0.0922 e. The first-order valence-electron chi connectivity index (χ1n) is 3.64. The minimum atomic E-state index is 1.13. The van der Waals surface area contributed by atoms with E-state index in [0.29, 0.717) is 0 Å². The van der Waals surface area contributed by atoms with Crippen molar-refractivity contribution in [3.05, 3.63) is 23.8 Å². The van der Waals surface area contributed by atoms with Crippen LogP contribution in [0.25, 0.3) is 0 Å². The van der Waals surface area contributed by atoms with Gasteiger partial charge in [0.25, 0.3) is 0 Å². The van der Waals surface area contributed by atoms with Crippen molar-refractivity contribution in [2.45, 2.75) is 26.6 Å². The Morgan fingerprint density at radius 2 is 2.22 bits per heavy atom. The molecule has 0 saturated heterocycles. The lowest BCUT2D eigenvalue weighted by atomic mass is 10.0. The normalized spacial score (nSPS) is 12.9. The summed E-state index contributed by atoms with van der Waals surface area (Å²) in [6.45, 7) is 4.29. The molecule has 0 atom stereocenters. The van der Waals surface area contributed by atoms with Crippen molar-refractivity contribution in [1.29, 1.82) is 0 Å². The first-order chi connectivity index (χ1) is 4.31. The molecule has 0 spiro atoms. The van der Waals surface area contributed by atoms with E-state index in [1.54, 1.807) is 0 Å². The van der Waals surface area contributed by atoms with E-state index in [-0.39, 0.29) is 0 Å². The van der Waals surface area contributed by atoms with Gasteiger partial charge < -0.3 is 0 Å². The van der Waals surface area contributed by atoms with Gasteiger partial charge in [0.2, 0.25) is 0 Å². The molecule has 0 saturated carbocycles. The van der Waals surface area contributed by atoms with Gasteiger partial charge in [-0.1, -0.05) is 37.0 Å². The summed E-state index contributed by atoms with van der Waals surface area (Å²) < 4.78 is 0. The molecule has 0 unspecified atom stereocenters. The van der Waals surface area contributed by atoms with Crippen LogP contribution in [0.4, 0.5) is 0 Å². The Morgan fingerprint density at radius 1 is 1.56 bits per heavy atom. The summed E-state index contributed by atoms with van der Waals surface area (Å²) >= 11 is 0. The number of allylic oxidation sites excluding steroid dienone is 4. The third kappa shape index (κ3) is 5.42. The van der Waals surface area contributed by atoms with Crippen molar-refractivity contribution in [2.24, 2.45) is 0 Å². The van der Waals surface area contributed by atoms with E-state index < -0.39 is 0 Å². The SMILES string of the molecule is BC/C=C\C(C)=C/CC. The molecule has 0 bridgehead atoms. The third-order valence-electron chi connectivity index (χ3n) is 1.14. The molecule has 0 aromatic rings. The third-order valence-corrected chi connectivity index (χ3v) is 1.14. The summed E-state index contributed by atoms with van der Waals surface area (Å²) in [6.07, 6.45) is 8.85. The van der Waals surface area contributed by atoms with E-state index in [4.69, 9.17) is 0 Å². The largest absolute Gasteiger partial charge is 0.106 e. The highest BCUT2D eigenvalue weighted by Gasteiger charge is 1.75. The van der Waals surface area contributed by atoms with Crippen molar-refractivity contribution < 1.29 is 0 Å². The fourth-order valence-corrected chi connectivity index (χ4v) is 0.694. The van der Waals surface area contributed by atoms with Gasteiger partial charge >= 0.3 is 0 Å². The maximum Gasteiger partial charge on any atom is 0.106 e. The molecule has 0 aromatic carbocycles. The van der Waals surface area contributed by atoms with Gasteiger partial charge in [0.15, 0.2) is 0 Å². The van der Waals surface area contributed by atoms with Crippen LogP contribution in [0.15, 0.2) is 23.8 Å². The highest BCUT2D eigenvalue weighted by Crippen LogP contribution is 1.96. The second kappa shape index (κ2) is 5.68. The van der Waals surface area contributed by atoms with Gasteiger partial charge in [-0.15, -0.1) is 0 Å². The molecule has 0 aliphatic heterocycles. The van der Waals surface area contributed by atoms with Crippen molar-refractivity contribution in [3.63, 3.8) is 0 Å². The molecule has 50 valence electrons. The Labute approximate surface area is 59.1 Å². The summed E-state index contributed by atoms with van der Waals surface area (Å²) in [7, 11) is 2.15. The van der Waals surface area contributed by atoms with Gasteiger partial charge in [0.05, 0.1) is 0 Å². The molecule has 0 fully saturated rings. The van der Waals surface area contributed by atoms with E-state index in [0.717, 1.165) is 12.7 Å². The van der Waals surface area contributed by atoms with E-state index in [9.17, 15) is 0 Å². The van der Waals surface area contributed by atoms with Gasteiger partial charge in [0, 0.05) is 0 Å². The second-order valence-electron chi connectivity index (χ2n) is 2.17. The van der Waals surface area contributed by atoms with E-state index in [1.165, 1.54) is 5.57 Å². The van der Waals surface area contributed by atoms with Gasteiger partial charge in [-0.2, -0.15) is 0 Å². The summed E-state index contributed by atoms with van der Waals surface area (Å²) in [4.78, 5) is 0. The van der Waals surface area contributed by atoms with Gasteiger partial charge in [-0.25, -0.2) is 0 Å². The van der Waals surface area contributed by atoms with Gasteiger partial charge in [-0.05, 0) is 13.3 Å². The van der Waals surface area contributed by atoms with Gasteiger partial charge in [-0.3, -0.25) is 0 Å². The molecule has 0 aromatic heterocycles. The molecule has 0 nitrogen and oxygen atoms in total. The van der Waals surface area contributed by atoms with Crippen LogP contribution in [0.3, 0.4) is 0 Å². The van der Waals surface area contributed by atoms with Crippen LogP contribution in [-0.2, 0) is 0 Å². The van der Waals surface area contributed by atoms with Crippen LogP contribution in [0.1, 0.15) is 20.3 Å². The van der Waals surface area contributed by atoms with Crippen molar-refractivity contribution in [2.75, 3.05) is 0 Å². The monoisotopic (exact) mass is 122 g/mol. The van der Waals surface area contributed by atoms with Crippen molar-refractivity contribution in [3.8, 4) is 0 Å². The molecule has 0 heterocycles. The van der Waals surface area contributed by atoms with Crippen LogP contribution >= 0.6 is 0 Å². The maximum absolute atomic E-state index is 2.23. The van der Waals surface area contributed by atoms with E-state index in [1.807, 2.05) is 0 Å². The molecule has 0 aliphatic carbocycles. The molecular weight excluding hydrogens is 107 g/mol. The second-order valence-corrected chi connectivity index (χ2v) is 2.17. The lowest BCUT2D eigenvalue weighted by Crippen LogP contribution is -1.67. The highest BCUT2D eigenvalue weighted by molar-refractivity contribution is 6.09. The first kappa shape index (κ1) is 8.54. The topological polar surface area (TPSA) is 0 Å². The lowest BCUT2D eigenvalue weighted by molar-refractivity contribution is 1.20. The fourth-order valence-electron chi connectivity index (χ4n) is 0.694. The molecule has 9 heavy (non-hydrogen) atoms. The van der Waals surface area contributed by atoms with Gasteiger partial charge in [0.1, 0.15) is 7.85 Å². The summed E-state index contributed by atoms with van der Waals surface area (Å²) in [5.74, 6) is 0. The standard InChI is InChI=1S/C8H15B/c1-3-5-8(2)6-4-7-9/h4-6H,3,7,9H2,1-2H3/b6-4-,8-5-. The Morgan fingerprint density at radius 3 is 2.67 bits per heavy atom. The van der Waals surface area contributed by atoms with Crippen molar-refractivity contribution in [1.82, 2.24) is 0 Å². The lowest BCUT2D eigenvalue weighted by Gasteiger charge is -1.87. The molecule has 0 rings (SSSR count). The van der Waals surface area contributed by atoms with Crippen LogP contribution in [0.5, 0.6) is 0 Å². The molecular formula is C8H15B. The zero-order valence-electron chi connectivity index (χ0n) is 6.65. The predicted octanol–water partition coefficient (Wildman–Crippen LogP) is 1.95. The van der Waals surface area contributed by atoms with Crippen LogP contribution in [0.2, 0.25) is 6.32 Å². The predicted molar refractivity (Wildman–Crippen MR) is 46.5 cm³/mol. The van der Waals surface area contributed by atoms with E-state index in [2.05, 4.69) is 39.9 Å². The molecule has 0 aliphatic rings. The molecule has 0 radical (unpaired) electrons. The van der Waals surface area contributed by atoms with Crippen LogP contribution < -0.4 is 0 Å². The first-order valence-corrected chi connectivity index (χ1v) is 3.64. The Hall–Kier alpha value is -0.455. The smallest absolute Gasteiger partial charge is 0.0922 e. The molecule has 0 N–H and O–H groups in total. The average molecular weight is 122 g/mol. The summed E-state index contributed by atoms with van der Waals surface area (Å²) in [5, 5.41) is 0. The fraction of sp³-hybridized carbons (Fsp3) is 0.500. The maximum atomic E-state index is 2.23. The zero-order valence-corrected chi connectivity index (χ0v) is 6.65. The Kier molecular flexibility index (Phi) is 5.39. The average Bonchev–Trinajstić information content (AvgIpc) is 1.85. The van der Waals surface area contributed by atoms with Crippen LogP contribution in [-0.4, -0.2) is 7.85 Å². The zero-order chi connectivity index (χ0) is 7.11. The van der Waals surface area contributed by atoms with E-state index >= 15 is 0 Å². The summed E-state index contributed by atoms with van der Waals surface area (Å²) in [5.41, 5.74) is 1.37. The summed E-state index contributed by atoms with van der Waals surface area (Å²) in [6, 6.07) is 0. The number of rotatable bonds is 3. The molecule has 1 heteroatoms. The Bertz CT molecular complexity index is 112. The number of hydrogen-bond donors (Lipinski definition) is 0. The number of hydrogen-bond acceptors (Lipinski definition) is 0. The Balaban J connectivity index is 3.60. The van der Waals surface area contributed by atoms with Crippen LogP contribution in [0, 0.1) is 0 Å². The molecule has 0 amide bonds.